The van der Waals surface area contributed by atoms with E-state index in [1.54, 1.807) is 0 Å². The minimum Gasteiger partial charge on any atom is -0.385 e. The van der Waals surface area contributed by atoms with Crippen LogP contribution in [0.5, 0.6) is 0 Å². The fourth-order valence-electron chi connectivity index (χ4n) is 3.76. The molecule has 0 atom stereocenters. The number of likely N-dealkylation sites (N-methyl/N-ethyl adjacent to an activating group) is 1. The molecule has 0 saturated carbocycles. The van der Waals surface area contributed by atoms with Gasteiger partial charge >= 0.3 is 0 Å². The van der Waals surface area contributed by atoms with Crippen LogP contribution in [0, 0.1) is 0 Å². The molecular weight excluding hydrogens is 336 g/mol. The Bertz CT molecular complexity index is 618. The lowest BCUT2D eigenvalue weighted by Crippen LogP contribution is -2.44. The highest BCUT2D eigenvalue weighted by atomic mass is 16.1. The Hall–Kier alpha value is -2.01. The molecule has 5 nitrogen and oxygen atoms in total. The Morgan fingerprint density at radius 3 is 2.52 bits per heavy atom. The van der Waals surface area contributed by atoms with E-state index in [0.29, 0.717) is 13.0 Å². The van der Waals surface area contributed by atoms with E-state index in [2.05, 4.69) is 57.8 Å². The molecule has 0 unspecified atom stereocenters. The Morgan fingerprint density at radius 2 is 1.81 bits per heavy atom. The van der Waals surface area contributed by atoms with Crippen molar-refractivity contribution in [3.63, 3.8) is 0 Å². The molecule has 148 valence electrons. The van der Waals surface area contributed by atoms with Gasteiger partial charge in [0, 0.05) is 57.1 Å². The number of allylic oxidation sites excluding steroid dienone is 1. The summed E-state index contributed by atoms with van der Waals surface area (Å²) in [5.74, 6) is 0.132. The van der Waals surface area contributed by atoms with Crippen LogP contribution in [-0.2, 0) is 4.79 Å². The molecule has 2 N–H and O–H groups in total. The Kier molecular flexibility index (Phi) is 7.57. The number of piperazine rings is 1. The summed E-state index contributed by atoms with van der Waals surface area (Å²) in [5.41, 5.74) is 3.87. The summed E-state index contributed by atoms with van der Waals surface area (Å²) in [6.45, 7) is 5.84. The first-order valence-electron chi connectivity index (χ1n) is 10.4. The van der Waals surface area contributed by atoms with Crippen LogP contribution in [0.1, 0.15) is 38.5 Å². The SMILES string of the molecule is CN1CCN(c2ccc(NCCC(=O)NCCC3=CCCCC3)cc2)CC1. The van der Waals surface area contributed by atoms with Crippen molar-refractivity contribution in [2.24, 2.45) is 0 Å². The van der Waals surface area contributed by atoms with Gasteiger partial charge in [-0.2, -0.15) is 0 Å². The van der Waals surface area contributed by atoms with Crippen molar-refractivity contribution in [2.45, 2.75) is 38.5 Å². The van der Waals surface area contributed by atoms with E-state index in [0.717, 1.165) is 44.8 Å². The monoisotopic (exact) mass is 370 g/mol. The number of rotatable bonds is 8. The van der Waals surface area contributed by atoms with E-state index in [1.807, 2.05) is 0 Å². The number of carbonyl (C=O) groups excluding carboxylic acids is 1. The predicted octanol–water partition coefficient (Wildman–Crippen LogP) is 3.25. The van der Waals surface area contributed by atoms with Crippen LogP contribution < -0.4 is 15.5 Å². The molecule has 0 bridgehead atoms. The van der Waals surface area contributed by atoms with Crippen molar-refractivity contribution in [2.75, 3.05) is 56.5 Å². The molecule has 1 fully saturated rings. The van der Waals surface area contributed by atoms with Gasteiger partial charge in [-0.05, 0) is 63.4 Å². The molecule has 1 aliphatic carbocycles. The second-order valence-corrected chi connectivity index (χ2v) is 7.72. The van der Waals surface area contributed by atoms with Crippen molar-refractivity contribution in [3.05, 3.63) is 35.9 Å². The highest BCUT2D eigenvalue weighted by molar-refractivity contribution is 5.76. The number of hydrogen-bond donors (Lipinski definition) is 2. The lowest BCUT2D eigenvalue weighted by Gasteiger charge is -2.34. The number of nitrogens with one attached hydrogen (secondary N) is 2. The van der Waals surface area contributed by atoms with Crippen LogP contribution in [0.15, 0.2) is 35.9 Å². The van der Waals surface area contributed by atoms with Gasteiger partial charge in [-0.25, -0.2) is 0 Å². The summed E-state index contributed by atoms with van der Waals surface area (Å²) in [6, 6.07) is 8.57. The van der Waals surface area contributed by atoms with Crippen LogP contribution in [0.4, 0.5) is 11.4 Å². The minimum atomic E-state index is 0.132. The van der Waals surface area contributed by atoms with Crippen LogP contribution in [0.3, 0.4) is 0 Å². The molecule has 1 aliphatic heterocycles. The normalized spacial score (nSPS) is 18.1. The Morgan fingerprint density at radius 1 is 1.04 bits per heavy atom. The quantitative estimate of drug-likeness (QED) is 0.690. The topological polar surface area (TPSA) is 47.6 Å². The van der Waals surface area contributed by atoms with Crippen LogP contribution >= 0.6 is 0 Å². The first-order valence-corrected chi connectivity index (χ1v) is 10.4. The number of anilines is 2. The Balaban J connectivity index is 1.31. The van der Waals surface area contributed by atoms with Gasteiger partial charge in [0.2, 0.25) is 5.91 Å². The molecule has 0 radical (unpaired) electrons. The van der Waals surface area contributed by atoms with E-state index in [1.165, 1.54) is 36.9 Å². The Labute approximate surface area is 163 Å². The maximum atomic E-state index is 12.0. The summed E-state index contributed by atoms with van der Waals surface area (Å²) in [4.78, 5) is 16.8. The zero-order valence-electron chi connectivity index (χ0n) is 16.7. The summed E-state index contributed by atoms with van der Waals surface area (Å²) >= 11 is 0. The molecule has 27 heavy (non-hydrogen) atoms. The largest absolute Gasteiger partial charge is 0.385 e. The summed E-state index contributed by atoms with van der Waals surface area (Å²) < 4.78 is 0. The lowest BCUT2D eigenvalue weighted by molar-refractivity contribution is -0.120. The van der Waals surface area contributed by atoms with E-state index < -0.39 is 0 Å². The molecule has 2 aliphatic rings. The maximum Gasteiger partial charge on any atom is 0.221 e. The van der Waals surface area contributed by atoms with Crippen molar-refractivity contribution in [1.29, 1.82) is 0 Å². The number of carbonyl (C=O) groups is 1. The van der Waals surface area contributed by atoms with Gasteiger partial charge in [0.1, 0.15) is 0 Å². The first kappa shape index (κ1) is 19.7. The standard InChI is InChI=1S/C22H34N4O/c1-25-15-17-26(18-16-25)21-9-7-20(8-10-21)23-14-12-22(27)24-13-11-19-5-3-2-4-6-19/h5,7-10,23H,2-4,6,11-18H2,1H3,(H,24,27). The number of nitrogens with zero attached hydrogens (tertiary/aromatic N) is 2. The molecular formula is C22H34N4O. The third-order valence-electron chi connectivity index (χ3n) is 5.57. The second kappa shape index (κ2) is 10.4. The molecule has 1 aromatic carbocycles. The van der Waals surface area contributed by atoms with E-state index in [9.17, 15) is 4.79 Å². The average molecular weight is 371 g/mol. The van der Waals surface area contributed by atoms with Crippen LogP contribution in [0.2, 0.25) is 0 Å². The zero-order valence-corrected chi connectivity index (χ0v) is 16.7. The van der Waals surface area contributed by atoms with Crippen molar-refractivity contribution in [3.8, 4) is 0 Å². The highest BCUT2D eigenvalue weighted by Gasteiger charge is 2.13. The van der Waals surface area contributed by atoms with Crippen molar-refractivity contribution < 1.29 is 4.79 Å². The van der Waals surface area contributed by atoms with Crippen molar-refractivity contribution >= 4 is 17.3 Å². The number of benzene rings is 1. The molecule has 1 heterocycles. The summed E-state index contributed by atoms with van der Waals surface area (Å²) in [6.07, 6.45) is 8.91. The molecule has 1 aromatic rings. The molecule has 1 amide bonds. The lowest BCUT2D eigenvalue weighted by atomic mass is 9.97. The molecule has 1 saturated heterocycles. The maximum absolute atomic E-state index is 12.0. The van der Waals surface area contributed by atoms with Crippen LogP contribution in [0.25, 0.3) is 0 Å². The minimum absolute atomic E-state index is 0.132. The van der Waals surface area contributed by atoms with Gasteiger partial charge < -0.3 is 20.4 Å². The summed E-state index contributed by atoms with van der Waals surface area (Å²) in [5, 5.41) is 6.40. The van der Waals surface area contributed by atoms with Gasteiger partial charge in [0.15, 0.2) is 0 Å². The van der Waals surface area contributed by atoms with Gasteiger partial charge in [-0.1, -0.05) is 11.6 Å². The molecule has 5 heteroatoms. The first-order chi connectivity index (χ1) is 13.2. The molecule has 0 aromatic heterocycles. The van der Waals surface area contributed by atoms with Gasteiger partial charge in [-0.15, -0.1) is 0 Å². The van der Waals surface area contributed by atoms with Crippen molar-refractivity contribution in [1.82, 2.24) is 10.2 Å². The highest BCUT2D eigenvalue weighted by Crippen LogP contribution is 2.20. The number of amides is 1. The third kappa shape index (κ3) is 6.58. The smallest absolute Gasteiger partial charge is 0.221 e. The molecule has 0 spiro atoms. The van der Waals surface area contributed by atoms with Gasteiger partial charge in [0.05, 0.1) is 0 Å². The fourth-order valence-corrected chi connectivity index (χ4v) is 3.76. The van der Waals surface area contributed by atoms with E-state index >= 15 is 0 Å². The zero-order chi connectivity index (χ0) is 18.9. The second-order valence-electron chi connectivity index (χ2n) is 7.72. The van der Waals surface area contributed by atoms with E-state index in [-0.39, 0.29) is 5.91 Å². The number of hydrogen-bond acceptors (Lipinski definition) is 4. The summed E-state index contributed by atoms with van der Waals surface area (Å²) in [7, 11) is 2.17. The van der Waals surface area contributed by atoms with Gasteiger partial charge in [0.25, 0.3) is 0 Å². The fraction of sp³-hybridized carbons (Fsp3) is 0.591. The average Bonchev–Trinajstić information content (AvgIpc) is 2.70. The van der Waals surface area contributed by atoms with Crippen LogP contribution in [-0.4, -0.2) is 57.1 Å². The molecule has 3 rings (SSSR count). The van der Waals surface area contributed by atoms with Gasteiger partial charge in [-0.3, -0.25) is 4.79 Å². The predicted molar refractivity (Wildman–Crippen MR) is 113 cm³/mol. The third-order valence-corrected chi connectivity index (χ3v) is 5.57. The van der Waals surface area contributed by atoms with E-state index in [4.69, 9.17) is 0 Å².